The Hall–Kier alpha value is -3.29. The molecule has 0 aromatic heterocycles. The SMILES string of the molecule is COc1cc(F)c([N+](=O)[O-])cc1N1C(=O)c2ccccc2C1=O. The van der Waals surface area contributed by atoms with Crippen LogP contribution in [0.5, 0.6) is 5.75 Å². The zero-order valence-electron chi connectivity index (χ0n) is 11.8. The van der Waals surface area contributed by atoms with Crippen LogP contribution in [0.15, 0.2) is 36.4 Å². The summed E-state index contributed by atoms with van der Waals surface area (Å²) < 4.78 is 18.7. The summed E-state index contributed by atoms with van der Waals surface area (Å²) in [4.78, 5) is 35.6. The molecule has 0 aliphatic carbocycles. The lowest BCUT2D eigenvalue weighted by Gasteiger charge is -2.17. The molecule has 116 valence electrons. The molecule has 1 aliphatic heterocycles. The number of carbonyl (C=O) groups is 2. The first-order valence-corrected chi connectivity index (χ1v) is 6.45. The number of fused-ring (bicyclic) bond motifs is 1. The molecule has 8 heteroatoms. The fourth-order valence-electron chi connectivity index (χ4n) is 2.42. The summed E-state index contributed by atoms with van der Waals surface area (Å²) in [5, 5.41) is 10.9. The summed E-state index contributed by atoms with van der Waals surface area (Å²) >= 11 is 0. The lowest BCUT2D eigenvalue weighted by Crippen LogP contribution is -2.30. The highest BCUT2D eigenvalue weighted by Crippen LogP contribution is 2.38. The molecule has 1 heterocycles. The molecule has 0 saturated heterocycles. The van der Waals surface area contributed by atoms with Crippen molar-refractivity contribution in [1.29, 1.82) is 0 Å². The molecular formula is C15H9FN2O5. The van der Waals surface area contributed by atoms with Crippen molar-refractivity contribution >= 4 is 23.2 Å². The van der Waals surface area contributed by atoms with Crippen LogP contribution in [0.2, 0.25) is 0 Å². The molecule has 0 unspecified atom stereocenters. The molecule has 3 rings (SSSR count). The highest BCUT2D eigenvalue weighted by molar-refractivity contribution is 6.34. The van der Waals surface area contributed by atoms with E-state index in [1.54, 1.807) is 12.1 Å². The molecule has 0 N–H and O–H groups in total. The number of anilines is 1. The molecule has 0 atom stereocenters. The number of hydrogen-bond donors (Lipinski definition) is 0. The van der Waals surface area contributed by atoms with Crippen molar-refractivity contribution in [3.8, 4) is 5.75 Å². The standard InChI is InChI=1S/C15H9FN2O5/c1-23-13-6-10(16)11(18(21)22)7-12(13)17-14(19)8-4-2-3-5-9(8)15(17)20/h2-7H,1H3. The molecule has 0 bridgehead atoms. The third-order valence-corrected chi connectivity index (χ3v) is 3.48. The maximum Gasteiger partial charge on any atom is 0.307 e. The number of carbonyl (C=O) groups excluding carboxylic acids is 2. The van der Waals surface area contributed by atoms with Gasteiger partial charge in [-0.1, -0.05) is 12.1 Å². The number of hydrogen-bond acceptors (Lipinski definition) is 5. The Bertz CT molecular complexity index is 830. The van der Waals surface area contributed by atoms with E-state index in [-0.39, 0.29) is 22.6 Å². The minimum absolute atomic E-state index is 0.150. The van der Waals surface area contributed by atoms with Crippen molar-refractivity contribution in [1.82, 2.24) is 0 Å². The molecule has 0 fully saturated rings. The summed E-state index contributed by atoms with van der Waals surface area (Å²) in [7, 11) is 1.21. The van der Waals surface area contributed by atoms with Gasteiger partial charge in [-0.15, -0.1) is 0 Å². The largest absolute Gasteiger partial charge is 0.494 e. The van der Waals surface area contributed by atoms with Crippen molar-refractivity contribution in [2.45, 2.75) is 0 Å². The summed E-state index contributed by atoms with van der Waals surface area (Å²) in [6.07, 6.45) is 0. The zero-order valence-corrected chi connectivity index (χ0v) is 11.8. The number of rotatable bonds is 3. The summed E-state index contributed by atoms with van der Waals surface area (Å²) in [6, 6.07) is 7.72. The van der Waals surface area contributed by atoms with Crippen molar-refractivity contribution in [2.75, 3.05) is 12.0 Å². The van der Waals surface area contributed by atoms with Crippen LogP contribution in [-0.2, 0) is 0 Å². The molecule has 2 aromatic carbocycles. The predicted octanol–water partition coefficient (Wildman–Crippen LogP) is 2.54. The van der Waals surface area contributed by atoms with Gasteiger partial charge in [-0.3, -0.25) is 19.7 Å². The van der Waals surface area contributed by atoms with Crippen LogP contribution in [0.1, 0.15) is 20.7 Å². The van der Waals surface area contributed by atoms with E-state index in [0.717, 1.165) is 17.0 Å². The zero-order chi connectivity index (χ0) is 16.7. The predicted molar refractivity (Wildman–Crippen MR) is 77.2 cm³/mol. The van der Waals surface area contributed by atoms with Gasteiger partial charge < -0.3 is 4.74 Å². The Balaban J connectivity index is 2.20. The van der Waals surface area contributed by atoms with Crippen molar-refractivity contribution in [3.05, 3.63) is 63.5 Å². The van der Waals surface area contributed by atoms with E-state index in [1.807, 2.05) is 0 Å². The third kappa shape index (κ3) is 2.11. The number of amides is 2. The minimum atomic E-state index is -1.12. The first-order valence-electron chi connectivity index (χ1n) is 6.45. The van der Waals surface area contributed by atoms with E-state index in [1.165, 1.54) is 19.2 Å². The second-order valence-corrected chi connectivity index (χ2v) is 4.72. The van der Waals surface area contributed by atoms with Crippen LogP contribution in [-0.4, -0.2) is 23.8 Å². The molecule has 7 nitrogen and oxygen atoms in total. The van der Waals surface area contributed by atoms with Gasteiger partial charge in [-0.25, -0.2) is 4.90 Å². The van der Waals surface area contributed by atoms with E-state index in [4.69, 9.17) is 4.74 Å². The Labute approximate surface area is 129 Å². The molecule has 0 radical (unpaired) electrons. The Kier molecular flexibility index (Phi) is 3.29. The van der Waals surface area contributed by atoms with Crippen molar-refractivity contribution in [3.63, 3.8) is 0 Å². The first-order chi connectivity index (χ1) is 11.0. The number of benzene rings is 2. The Morgan fingerprint density at radius 2 is 1.70 bits per heavy atom. The molecular weight excluding hydrogens is 307 g/mol. The maximum atomic E-state index is 13.7. The van der Waals surface area contributed by atoms with E-state index in [2.05, 4.69) is 0 Å². The van der Waals surface area contributed by atoms with Crippen LogP contribution in [0, 0.1) is 15.9 Å². The number of nitrogens with zero attached hydrogens (tertiary/aromatic N) is 2. The van der Waals surface area contributed by atoms with Crippen molar-refractivity contribution < 1.29 is 23.6 Å². The number of methoxy groups -OCH3 is 1. The molecule has 2 aromatic rings. The molecule has 2 amide bonds. The van der Waals surface area contributed by atoms with Crippen LogP contribution in [0.4, 0.5) is 15.8 Å². The maximum absolute atomic E-state index is 13.7. The highest BCUT2D eigenvalue weighted by atomic mass is 19.1. The van der Waals surface area contributed by atoms with Gasteiger partial charge in [0.2, 0.25) is 5.82 Å². The van der Waals surface area contributed by atoms with E-state index >= 15 is 0 Å². The lowest BCUT2D eigenvalue weighted by molar-refractivity contribution is -0.387. The molecule has 1 aliphatic rings. The molecule has 0 spiro atoms. The van der Waals surface area contributed by atoms with Gasteiger partial charge >= 0.3 is 5.69 Å². The first kappa shape index (κ1) is 14.6. The molecule has 23 heavy (non-hydrogen) atoms. The number of ether oxygens (including phenoxy) is 1. The smallest absolute Gasteiger partial charge is 0.307 e. The summed E-state index contributed by atoms with van der Waals surface area (Å²) in [5.74, 6) is -2.57. The summed E-state index contributed by atoms with van der Waals surface area (Å²) in [6.45, 7) is 0. The van der Waals surface area contributed by atoms with E-state index in [9.17, 15) is 24.1 Å². The second kappa shape index (κ2) is 5.16. The van der Waals surface area contributed by atoms with Crippen molar-refractivity contribution in [2.24, 2.45) is 0 Å². The van der Waals surface area contributed by atoms with Gasteiger partial charge in [0.25, 0.3) is 11.8 Å². The van der Waals surface area contributed by atoms with Crippen LogP contribution >= 0.6 is 0 Å². The normalized spacial score (nSPS) is 13.2. The average molecular weight is 316 g/mol. The molecule has 0 saturated carbocycles. The number of halogens is 1. The van der Waals surface area contributed by atoms with E-state index in [0.29, 0.717) is 0 Å². The van der Waals surface area contributed by atoms with Gasteiger partial charge in [0, 0.05) is 12.1 Å². The quantitative estimate of drug-likeness (QED) is 0.493. The second-order valence-electron chi connectivity index (χ2n) is 4.72. The van der Waals surface area contributed by atoms with Gasteiger partial charge in [-0.05, 0) is 12.1 Å². The third-order valence-electron chi connectivity index (χ3n) is 3.48. The van der Waals surface area contributed by atoms with Gasteiger partial charge in [-0.2, -0.15) is 4.39 Å². The van der Waals surface area contributed by atoms with Crippen LogP contribution in [0.25, 0.3) is 0 Å². The Morgan fingerprint density at radius 1 is 1.13 bits per heavy atom. The van der Waals surface area contributed by atoms with Gasteiger partial charge in [0.05, 0.1) is 23.2 Å². The average Bonchev–Trinajstić information content (AvgIpc) is 2.79. The summed E-state index contributed by atoms with van der Waals surface area (Å²) in [5.41, 5.74) is -0.679. The minimum Gasteiger partial charge on any atom is -0.494 e. The van der Waals surface area contributed by atoms with E-state index < -0.39 is 28.2 Å². The fourth-order valence-corrected chi connectivity index (χ4v) is 2.42. The highest BCUT2D eigenvalue weighted by Gasteiger charge is 2.39. The van der Waals surface area contributed by atoms with Gasteiger partial charge in [0.15, 0.2) is 0 Å². The topological polar surface area (TPSA) is 89.8 Å². The van der Waals surface area contributed by atoms with Gasteiger partial charge in [0.1, 0.15) is 11.4 Å². The van der Waals surface area contributed by atoms with Crippen LogP contribution in [0.3, 0.4) is 0 Å². The number of nitro groups is 1. The van der Waals surface area contributed by atoms with Crippen LogP contribution < -0.4 is 9.64 Å². The Morgan fingerprint density at radius 3 is 2.17 bits per heavy atom. The lowest BCUT2D eigenvalue weighted by atomic mass is 10.1. The fraction of sp³-hybridized carbons (Fsp3) is 0.0667. The monoisotopic (exact) mass is 316 g/mol. The number of nitro benzene ring substituents is 1. The number of imide groups is 1.